The summed E-state index contributed by atoms with van der Waals surface area (Å²) in [5, 5.41) is 0.782. The predicted octanol–water partition coefficient (Wildman–Crippen LogP) is 3.98. The van der Waals surface area contributed by atoms with Gasteiger partial charge in [-0.25, -0.2) is 0 Å². The van der Waals surface area contributed by atoms with Crippen LogP contribution < -0.4 is 0 Å². The molecule has 96 valence electrons. The number of nitrogens with zero attached hydrogens (tertiary/aromatic N) is 1. The highest BCUT2D eigenvalue weighted by Gasteiger charge is 2.11. The molecule has 0 saturated carbocycles. The molecule has 0 fully saturated rings. The number of halogens is 1. The molecule has 0 saturated heterocycles. The molecule has 0 radical (unpaired) electrons. The molecule has 3 heteroatoms. The van der Waals surface area contributed by atoms with Crippen molar-refractivity contribution in [3.8, 4) is 0 Å². The fourth-order valence-electron chi connectivity index (χ4n) is 1.71. The van der Waals surface area contributed by atoms with E-state index < -0.39 is 0 Å². The van der Waals surface area contributed by atoms with Gasteiger partial charge in [-0.1, -0.05) is 55.5 Å². The minimum absolute atomic E-state index is 0.309. The monoisotopic (exact) mass is 291 g/mol. The standard InChI is InChI=1S/C13H26BrNO/c1-3-5-7-11-15(12-8-6-4-2)13(16)9-10-14/h3-12H2,1-2H3. The van der Waals surface area contributed by atoms with E-state index in [0.29, 0.717) is 12.3 Å². The molecule has 0 N–H and O–H groups in total. The number of carbonyl (C=O) groups excluding carboxylic acids is 1. The maximum absolute atomic E-state index is 11.8. The Morgan fingerprint density at radius 1 is 1.00 bits per heavy atom. The SMILES string of the molecule is CCCCCN(CCCCC)C(=O)CCBr. The first-order valence-electron chi connectivity index (χ1n) is 6.60. The van der Waals surface area contributed by atoms with E-state index >= 15 is 0 Å². The molecule has 2 nitrogen and oxygen atoms in total. The van der Waals surface area contributed by atoms with Crippen molar-refractivity contribution >= 4 is 21.8 Å². The van der Waals surface area contributed by atoms with Crippen molar-refractivity contribution in [2.75, 3.05) is 18.4 Å². The molecule has 0 rings (SSSR count). The molecule has 0 unspecified atom stereocenters. The van der Waals surface area contributed by atoms with Crippen molar-refractivity contribution in [2.45, 2.75) is 58.8 Å². The third kappa shape index (κ3) is 8.14. The summed E-state index contributed by atoms with van der Waals surface area (Å²) in [7, 11) is 0. The van der Waals surface area contributed by atoms with E-state index in [0.717, 1.165) is 31.3 Å². The number of hydrogen-bond acceptors (Lipinski definition) is 1. The molecule has 0 aromatic carbocycles. The summed E-state index contributed by atoms with van der Waals surface area (Å²) in [6.07, 6.45) is 7.83. The summed E-state index contributed by atoms with van der Waals surface area (Å²) in [5.41, 5.74) is 0. The Bertz CT molecular complexity index is 163. The average molecular weight is 292 g/mol. The molecule has 0 aliphatic carbocycles. The third-order valence-corrected chi connectivity index (χ3v) is 3.12. The first-order chi connectivity index (χ1) is 7.76. The average Bonchev–Trinajstić information content (AvgIpc) is 2.28. The lowest BCUT2D eigenvalue weighted by molar-refractivity contribution is -0.130. The summed E-state index contributed by atoms with van der Waals surface area (Å²) in [6.45, 7) is 6.29. The van der Waals surface area contributed by atoms with E-state index in [1.165, 1.54) is 25.7 Å². The highest BCUT2D eigenvalue weighted by atomic mass is 79.9. The van der Waals surface area contributed by atoms with Crippen LogP contribution in [-0.4, -0.2) is 29.2 Å². The van der Waals surface area contributed by atoms with Crippen molar-refractivity contribution in [1.29, 1.82) is 0 Å². The number of unbranched alkanes of at least 4 members (excludes halogenated alkanes) is 4. The van der Waals surface area contributed by atoms with Crippen LogP contribution in [0.5, 0.6) is 0 Å². The molecule has 1 amide bonds. The molecule has 0 bridgehead atoms. The van der Waals surface area contributed by atoms with E-state index in [1.54, 1.807) is 0 Å². The Labute approximate surface area is 109 Å². The fourth-order valence-corrected chi connectivity index (χ4v) is 2.04. The van der Waals surface area contributed by atoms with Gasteiger partial charge in [0.15, 0.2) is 0 Å². The van der Waals surface area contributed by atoms with Crippen LogP contribution in [0.1, 0.15) is 58.8 Å². The summed E-state index contributed by atoms with van der Waals surface area (Å²) in [6, 6.07) is 0. The van der Waals surface area contributed by atoms with E-state index in [9.17, 15) is 4.79 Å². The summed E-state index contributed by atoms with van der Waals surface area (Å²) >= 11 is 3.33. The smallest absolute Gasteiger partial charge is 0.223 e. The van der Waals surface area contributed by atoms with Gasteiger partial charge in [-0.15, -0.1) is 0 Å². The normalized spacial score (nSPS) is 10.4. The molecule has 16 heavy (non-hydrogen) atoms. The van der Waals surface area contributed by atoms with Crippen molar-refractivity contribution < 1.29 is 4.79 Å². The van der Waals surface area contributed by atoms with Crippen molar-refractivity contribution in [3.05, 3.63) is 0 Å². The number of alkyl halides is 1. The second kappa shape index (κ2) is 11.4. The zero-order valence-electron chi connectivity index (χ0n) is 10.8. The highest BCUT2D eigenvalue weighted by molar-refractivity contribution is 9.09. The second-order valence-electron chi connectivity index (χ2n) is 4.23. The van der Waals surface area contributed by atoms with Crippen LogP contribution in [-0.2, 0) is 4.79 Å². The quantitative estimate of drug-likeness (QED) is 0.440. The van der Waals surface area contributed by atoms with Crippen LogP contribution in [0.15, 0.2) is 0 Å². The van der Waals surface area contributed by atoms with Gasteiger partial charge >= 0.3 is 0 Å². The molecular formula is C13H26BrNO. The van der Waals surface area contributed by atoms with E-state index in [-0.39, 0.29) is 0 Å². The lowest BCUT2D eigenvalue weighted by atomic mass is 10.2. The van der Waals surface area contributed by atoms with E-state index in [2.05, 4.69) is 29.8 Å². The van der Waals surface area contributed by atoms with Crippen LogP contribution >= 0.6 is 15.9 Å². The van der Waals surface area contributed by atoms with Gasteiger partial charge in [-0.05, 0) is 12.8 Å². The van der Waals surface area contributed by atoms with Crippen LogP contribution in [0.3, 0.4) is 0 Å². The first kappa shape index (κ1) is 16.0. The molecule has 0 aliphatic rings. The molecule has 0 aromatic heterocycles. The molecular weight excluding hydrogens is 266 g/mol. The molecule has 0 atom stereocenters. The summed E-state index contributed by atoms with van der Waals surface area (Å²) in [4.78, 5) is 13.9. The van der Waals surface area contributed by atoms with Gasteiger partial charge in [0.1, 0.15) is 0 Å². The van der Waals surface area contributed by atoms with Gasteiger partial charge in [-0.2, -0.15) is 0 Å². The molecule has 0 aromatic rings. The van der Waals surface area contributed by atoms with E-state index in [1.807, 2.05) is 4.90 Å². The summed E-state index contributed by atoms with van der Waals surface area (Å²) < 4.78 is 0. The van der Waals surface area contributed by atoms with Crippen LogP contribution in [0.4, 0.5) is 0 Å². The number of carbonyl (C=O) groups is 1. The van der Waals surface area contributed by atoms with Gasteiger partial charge < -0.3 is 4.90 Å². The van der Waals surface area contributed by atoms with Gasteiger partial charge in [0.25, 0.3) is 0 Å². The van der Waals surface area contributed by atoms with Gasteiger partial charge in [0.2, 0.25) is 5.91 Å². The molecule has 0 spiro atoms. The Morgan fingerprint density at radius 2 is 1.50 bits per heavy atom. The maximum Gasteiger partial charge on any atom is 0.223 e. The topological polar surface area (TPSA) is 20.3 Å². The van der Waals surface area contributed by atoms with Crippen molar-refractivity contribution in [2.24, 2.45) is 0 Å². The number of amides is 1. The maximum atomic E-state index is 11.8. The lowest BCUT2D eigenvalue weighted by Crippen LogP contribution is -2.33. The lowest BCUT2D eigenvalue weighted by Gasteiger charge is -2.22. The Kier molecular flexibility index (Phi) is 11.4. The van der Waals surface area contributed by atoms with Crippen LogP contribution in [0.2, 0.25) is 0 Å². The minimum Gasteiger partial charge on any atom is -0.343 e. The zero-order valence-corrected chi connectivity index (χ0v) is 12.4. The van der Waals surface area contributed by atoms with Crippen LogP contribution in [0.25, 0.3) is 0 Å². The number of hydrogen-bond donors (Lipinski definition) is 0. The number of rotatable bonds is 10. The Morgan fingerprint density at radius 3 is 1.88 bits per heavy atom. The van der Waals surface area contributed by atoms with Crippen molar-refractivity contribution in [1.82, 2.24) is 4.90 Å². The Hall–Kier alpha value is -0.0500. The zero-order chi connectivity index (χ0) is 12.2. The largest absolute Gasteiger partial charge is 0.343 e. The fraction of sp³-hybridized carbons (Fsp3) is 0.923. The third-order valence-electron chi connectivity index (χ3n) is 2.72. The van der Waals surface area contributed by atoms with Crippen LogP contribution in [0, 0.1) is 0 Å². The predicted molar refractivity (Wildman–Crippen MR) is 74.0 cm³/mol. The summed E-state index contributed by atoms with van der Waals surface area (Å²) in [5.74, 6) is 0.309. The highest BCUT2D eigenvalue weighted by Crippen LogP contribution is 2.05. The van der Waals surface area contributed by atoms with Gasteiger partial charge in [-0.3, -0.25) is 4.79 Å². The van der Waals surface area contributed by atoms with Gasteiger partial charge in [0, 0.05) is 24.8 Å². The minimum atomic E-state index is 0.309. The first-order valence-corrected chi connectivity index (χ1v) is 7.72. The molecule has 0 aliphatic heterocycles. The molecule has 0 heterocycles. The Balaban J connectivity index is 3.89. The van der Waals surface area contributed by atoms with Crippen molar-refractivity contribution in [3.63, 3.8) is 0 Å². The van der Waals surface area contributed by atoms with E-state index in [4.69, 9.17) is 0 Å². The van der Waals surface area contributed by atoms with Gasteiger partial charge in [0.05, 0.1) is 0 Å². The second-order valence-corrected chi connectivity index (χ2v) is 5.03.